The Balaban J connectivity index is 2.62. The summed E-state index contributed by atoms with van der Waals surface area (Å²) in [7, 11) is -5.07. The van der Waals surface area contributed by atoms with E-state index >= 15 is 0 Å². The van der Waals surface area contributed by atoms with Crippen molar-refractivity contribution in [2.45, 2.75) is 4.75 Å². The fourth-order valence-corrected chi connectivity index (χ4v) is 5.88. The van der Waals surface area contributed by atoms with Crippen molar-refractivity contribution in [3.63, 3.8) is 0 Å². The van der Waals surface area contributed by atoms with Crippen LogP contribution in [0.15, 0.2) is 54.6 Å². The third kappa shape index (κ3) is 3.65. The third-order valence-electron chi connectivity index (χ3n) is 4.37. The van der Waals surface area contributed by atoms with Crippen molar-refractivity contribution in [1.82, 2.24) is 0 Å². The molecule has 0 aliphatic carbocycles. The Bertz CT molecular complexity index is 1150. The van der Waals surface area contributed by atoms with Gasteiger partial charge in [0.25, 0.3) is 10.1 Å². The topological polar surface area (TPSA) is 94.8 Å². The van der Waals surface area contributed by atoms with Crippen LogP contribution in [0, 0.1) is 0 Å². The van der Waals surface area contributed by atoms with Gasteiger partial charge in [-0.25, -0.2) is 0 Å². The van der Waals surface area contributed by atoms with Gasteiger partial charge in [-0.1, -0.05) is 76.7 Å². The maximum Gasteiger partial charge on any atom is 0.283 e. The highest BCUT2D eigenvalue weighted by atomic mass is 35.5. The van der Waals surface area contributed by atoms with Crippen LogP contribution in [0.25, 0.3) is 0 Å². The van der Waals surface area contributed by atoms with E-state index in [1.54, 1.807) is 18.2 Å². The molecule has 3 aromatic carbocycles. The number of halogens is 4. The normalized spacial score (nSPS) is 13.8. The number of hydrogen-bond donors (Lipinski definition) is 3. The van der Waals surface area contributed by atoms with E-state index in [4.69, 9.17) is 46.4 Å². The molecule has 0 aliphatic heterocycles. The number of aromatic hydroxyl groups is 2. The maximum absolute atomic E-state index is 13.0. The van der Waals surface area contributed by atoms with Crippen molar-refractivity contribution in [2.75, 3.05) is 0 Å². The maximum atomic E-state index is 13.0. The van der Waals surface area contributed by atoms with E-state index < -0.39 is 26.4 Å². The molecule has 0 radical (unpaired) electrons. The van der Waals surface area contributed by atoms with E-state index in [-0.39, 0.29) is 36.8 Å². The van der Waals surface area contributed by atoms with E-state index in [2.05, 4.69) is 0 Å². The lowest BCUT2D eigenvalue weighted by Gasteiger charge is -2.34. The number of phenols is 2. The molecule has 1 atom stereocenters. The molecule has 0 saturated heterocycles. The van der Waals surface area contributed by atoms with Crippen molar-refractivity contribution in [1.29, 1.82) is 0 Å². The van der Waals surface area contributed by atoms with Crippen LogP contribution in [0.5, 0.6) is 11.5 Å². The number of benzene rings is 3. The fraction of sp³-hybridized carbons (Fsp3) is 0.0526. The minimum absolute atomic E-state index is 0.0507. The van der Waals surface area contributed by atoms with Crippen molar-refractivity contribution < 1.29 is 23.2 Å². The first-order valence-electron chi connectivity index (χ1n) is 7.89. The van der Waals surface area contributed by atoms with Gasteiger partial charge < -0.3 is 10.2 Å². The van der Waals surface area contributed by atoms with Gasteiger partial charge in [-0.3, -0.25) is 4.55 Å². The molecule has 152 valence electrons. The SMILES string of the molecule is O=S(=O)(O)C(c1ccccc1)(c1cc(O)c(Cl)c(O)c1)c1c(Cl)cc(Cl)cc1Cl. The predicted octanol–water partition coefficient (Wildman–Crippen LogP) is 5.89. The van der Waals surface area contributed by atoms with Gasteiger partial charge in [0.15, 0.2) is 4.75 Å². The largest absolute Gasteiger partial charge is 0.506 e. The lowest BCUT2D eigenvalue weighted by molar-refractivity contribution is 0.444. The molecule has 0 aliphatic rings. The molecule has 0 spiro atoms. The van der Waals surface area contributed by atoms with Gasteiger partial charge in [0.2, 0.25) is 0 Å². The zero-order chi connectivity index (χ0) is 21.6. The number of rotatable bonds is 4. The Kier molecular flexibility index (Phi) is 5.98. The molecule has 0 bridgehead atoms. The molecular weight excluding hydrogens is 482 g/mol. The molecule has 0 heterocycles. The molecule has 0 saturated carbocycles. The highest BCUT2D eigenvalue weighted by Gasteiger charge is 2.51. The highest BCUT2D eigenvalue weighted by molar-refractivity contribution is 7.87. The molecule has 0 fully saturated rings. The van der Waals surface area contributed by atoms with Crippen LogP contribution in [0.2, 0.25) is 20.1 Å². The van der Waals surface area contributed by atoms with Crippen molar-refractivity contribution in [3.8, 4) is 11.5 Å². The molecule has 0 aromatic heterocycles. The Morgan fingerprint density at radius 1 is 0.759 bits per heavy atom. The summed E-state index contributed by atoms with van der Waals surface area (Å²) in [6.45, 7) is 0. The molecule has 3 rings (SSSR count). The van der Waals surface area contributed by atoms with Crippen molar-refractivity contribution in [3.05, 3.63) is 91.4 Å². The smallest absolute Gasteiger partial charge is 0.283 e. The summed E-state index contributed by atoms with van der Waals surface area (Å²) in [6.07, 6.45) is 0. The molecule has 1 unspecified atom stereocenters. The second-order valence-corrected chi connectivity index (χ2v) is 9.29. The van der Waals surface area contributed by atoms with Crippen LogP contribution < -0.4 is 0 Å². The third-order valence-corrected chi connectivity index (χ3v) is 7.02. The fourth-order valence-electron chi connectivity index (χ4n) is 3.23. The minimum atomic E-state index is -5.07. The molecular formula is C19H12Cl4O5S. The summed E-state index contributed by atoms with van der Waals surface area (Å²) in [4.78, 5) is 0. The first kappa shape index (κ1) is 22.0. The first-order chi connectivity index (χ1) is 13.5. The van der Waals surface area contributed by atoms with Crippen molar-refractivity contribution in [2.24, 2.45) is 0 Å². The van der Waals surface area contributed by atoms with Crippen LogP contribution in [-0.4, -0.2) is 23.2 Å². The Labute approximate surface area is 186 Å². The standard InChI is InChI=1S/C19H12Cl4O5S/c20-12-8-13(21)17(14(22)9-12)19(29(26,27)28,10-4-2-1-3-5-10)11-6-15(24)18(23)16(25)7-11/h1-9,24-25H,(H,26,27,28). The summed E-state index contributed by atoms with van der Waals surface area (Å²) in [5, 5.41) is 19.7. The summed E-state index contributed by atoms with van der Waals surface area (Å²) >= 11 is 24.5. The van der Waals surface area contributed by atoms with E-state index in [0.717, 1.165) is 12.1 Å². The van der Waals surface area contributed by atoms with E-state index in [0.29, 0.717) is 0 Å². The Morgan fingerprint density at radius 2 is 1.24 bits per heavy atom. The number of phenolic OH excluding ortho intramolecular Hbond substituents is 2. The molecule has 29 heavy (non-hydrogen) atoms. The van der Waals surface area contributed by atoms with E-state index in [9.17, 15) is 23.2 Å². The zero-order valence-electron chi connectivity index (χ0n) is 14.3. The van der Waals surface area contributed by atoms with Gasteiger partial charge in [-0.15, -0.1) is 0 Å². The van der Waals surface area contributed by atoms with Crippen LogP contribution in [0.3, 0.4) is 0 Å². The monoisotopic (exact) mass is 492 g/mol. The Hall–Kier alpha value is -1.67. The summed E-state index contributed by atoms with van der Waals surface area (Å²) in [5.74, 6) is -1.21. The van der Waals surface area contributed by atoms with Gasteiger partial charge in [-0.05, 0) is 35.4 Å². The molecule has 3 N–H and O–H groups in total. The second kappa shape index (κ2) is 7.87. The van der Waals surface area contributed by atoms with Crippen molar-refractivity contribution >= 4 is 56.5 Å². The number of hydrogen-bond acceptors (Lipinski definition) is 4. The second-order valence-electron chi connectivity index (χ2n) is 6.10. The highest BCUT2D eigenvalue weighted by Crippen LogP contribution is 2.51. The average molecular weight is 494 g/mol. The van der Waals surface area contributed by atoms with Crippen LogP contribution in [0.4, 0.5) is 0 Å². The molecule has 5 nitrogen and oxygen atoms in total. The first-order valence-corrected chi connectivity index (χ1v) is 10.8. The van der Waals surface area contributed by atoms with Gasteiger partial charge in [-0.2, -0.15) is 8.42 Å². The summed E-state index contributed by atoms with van der Waals surface area (Å²) < 4.78 is 34.0. The van der Waals surface area contributed by atoms with Crippen LogP contribution >= 0.6 is 46.4 Å². The van der Waals surface area contributed by atoms with Gasteiger partial charge in [0.1, 0.15) is 16.5 Å². The van der Waals surface area contributed by atoms with Gasteiger partial charge in [0.05, 0.1) is 0 Å². The predicted molar refractivity (Wildman–Crippen MR) is 114 cm³/mol. The lowest BCUT2D eigenvalue weighted by atomic mass is 9.83. The van der Waals surface area contributed by atoms with Crippen LogP contribution in [0.1, 0.15) is 16.7 Å². The van der Waals surface area contributed by atoms with Gasteiger partial charge in [0, 0.05) is 20.6 Å². The van der Waals surface area contributed by atoms with E-state index in [1.807, 2.05) is 0 Å². The zero-order valence-corrected chi connectivity index (χ0v) is 18.1. The summed E-state index contributed by atoms with van der Waals surface area (Å²) in [6, 6.07) is 12.1. The molecule has 10 heteroatoms. The molecule has 0 amide bonds. The quantitative estimate of drug-likeness (QED) is 0.311. The van der Waals surface area contributed by atoms with Crippen LogP contribution in [-0.2, 0) is 14.9 Å². The lowest BCUT2D eigenvalue weighted by Crippen LogP contribution is -2.38. The molecule has 3 aromatic rings. The van der Waals surface area contributed by atoms with Gasteiger partial charge >= 0.3 is 0 Å². The average Bonchev–Trinajstić information content (AvgIpc) is 2.61. The minimum Gasteiger partial charge on any atom is -0.506 e. The summed E-state index contributed by atoms with van der Waals surface area (Å²) in [5.41, 5.74) is -0.397. The van der Waals surface area contributed by atoms with E-state index in [1.165, 1.54) is 24.3 Å². The Morgan fingerprint density at radius 3 is 1.69 bits per heavy atom.